The zero-order valence-corrected chi connectivity index (χ0v) is 17.5. The number of halogens is 3. The van der Waals surface area contributed by atoms with Gasteiger partial charge in [-0.05, 0) is 40.7 Å². The summed E-state index contributed by atoms with van der Waals surface area (Å²) in [6.45, 7) is 4.75. The van der Waals surface area contributed by atoms with Gasteiger partial charge in [0.1, 0.15) is 6.26 Å². The Kier molecular flexibility index (Phi) is 7.46. The van der Waals surface area contributed by atoms with E-state index in [1.165, 1.54) is 26.4 Å². The molecule has 1 aliphatic rings. The number of allylic oxidation sites excluding steroid dienone is 4. The zero-order chi connectivity index (χ0) is 15.4. The molecule has 2 unspecified atom stereocenters. The molecule has 1 rings (SSSR count). The van der Waals surface area contributed by atoms with Gasteiger partial charge in [0.2, 0.25) is 0 Å². The summed E-state index contributed by atoms with van der Waals surface area (Å²) in [6, 6.07) is 0. The molecule has 1 aliphatic carbocycles. The van der Waals surface area contributed by atoms with Gasteiger partial charge in [-0.1, -0.05) is 45.2 Å². The van der Waals surface area contributed by atoms with Crippen LogP contribution < -0.4 is 0 Å². The van der Waals surface area contributed by atoms with Crippen molar-refractivity contribution >= 4 is 79.7 Å². The molecule has 2 atom stereocenters. The molecule has 0 saturated heterocycles. The monoisotopic (exact) mass is 614 g/mol. The fraction of sp³-hybridized carbons (Fsp3) is 0.385. The van der Waals surface area contributed by atoms with Gasteiger partial charge in [-0.15, -0.1) is 0 Å². The van der Waals surface area contributed by atoms with Crippen molar-refractivity contribution in [2.24, 2.45) is 0 Å². The van der Waals surface area contributed by atoms with Crippen LogP contribution in [0.15, 0.2) is 32.8 Å². The molecule has 0 spiro atoms. The number of rotatable bonds is 2. The van der Waals surface area contributed by atoms with E-state index in [1.807, 2.05) is 6.92 Å². The maximum absolute atomic E-state index is 11.0. The summed E-state index contributed by atoms with van der Waals surface area (Å²) in [6.07, 6.45) is 2.99. The molecule has 0 aromatic carbocycles. The Labute approximate surface area is 158 Å². The summed E-state index contributed by atoms with van der Waals surface area (Å²) in [5.74, 6) is -0.706. The Hall–Kier alpha value is 0.350. The quantitative estimate of drug-likeness (QED) is 0.203. The van der Waals surface area contributed by atoms with E-state index in [1.54, 1.807) is 0 Å². The highest BCUT2D eigenvalue weighted by atomic mass is 127. The van der Waals surface area contributed by atoms with E-state index < -0.39 is 0 Å². The summed E-state index contributed by atoms with van der Waals surface area (Å²) in [5, 5.41) is 0. The molecule has 0 fully saturated rings. The Morgan fingerprint density at radius 2 is 1.55 bits per heavy atom. The molecular weight excluding hydrogens is 601 g/mol. The van der Waals surface area contributed by atoms with Gasteiger partial charge in [0.25, 0.3) is 0 Å². The van der Waals surface area contributed by atoms with Crippen LogP contribution in [0.2, 0.25) is 0 Å². The van der Waals surface area contributed by atoms with Crippen LogP contribution in [0.5, 0.6) is 0 Å². The first-order chi connectivity index (χ1) is 9.25. The molecule has 0 heterocycles. The van der Waals surface area contributed by atoms with E-state index in [0.29, 0.717) is 0 Å². The average molecular weight is 614 g/mol. The fourth-order valence-electron chi connectivity index (χ4n) is 1.54. The molecule has 0 N–H and O–H groups in total. The van der Waals surface area contributed by atoms with Crippen LogP contribution in [0.1, 0.15) is 20.8 Å². The van der Waals surface area contributed by atoms with Gasteiger partial charge in [-0.2, -0.15) is 0 Å². The molecule has 0 aromatic heterocycles. The lowest BCUT2D eigenvalue weighted by Crippen LogP contribution is -2.23. The van der Waals surface area contributed by atoms with Crippen molar-refractivity contribution < 1.29 is 19.1 Å². The molecule has 0 bridgehead atoms. The van der Waals surface area contributed by atoms with E-state index in [4.69, 9.17) is 9.47 Å². The van der Waals surface area contributed by atoms with Crippen molar-refractivity contribution in [3.05, 3.63) is 32.8 Å². The lowest BCUT2D eigenvalue weighted by molar-refractivity contribution is -0.136. The first-order valence-electron chi connectivity index (χ1n) is 5.65. The third-order valence-corrected chi connectivity index (χ3v) is 7.07. The molecule has 0 aliphatic heterocycles. The molecule has 20 heavy (non-hydrogen) atoms. The molecule has 7 heteroatoms. The van der Waals surface area contributed by atoms with E-state index in [2.05, 4.69) is 67.8 Å². The van der Waals surface area contributed by atoms with Crippen LogP contribution in [0.3, 0.4) is 0 Å². The van der Waals surface area contributed by atoms with Gasteiger partial charge in [-0.25, -0.2) is 0 Å². The Bertz CT molecular complexity index is 520. The minimum absolute atomic E-state index is 0.0104. The molecule has 0 amide bonds. The second-order valence-electron chi connectivity index (χ2n) is 4.13. The second kappa shape index (κ2) is 8.11. The Balaban J connectivity index is 3.20. The highest BCUT2D eigenvalue weighted by Gasteiger charge is 2.32. The van der Waals surface area contributed by atoms with Crippen molar-refractivity contribution in [1.82, 2.24) is 0 Å². The molecular formula is C13H13I3O4. The number of hydrogen-bond donors (Lipinski definition) is 0. The number of alkyl halides is 2. The van der Waals surface area contributed by atoms with Gasteiger partial charge in [0.05, 0.1) is 14.1 Å². The SMILES string of the molecule is CC(=O)OC=C1C(I)=C(C)C(I)C(=COC(C)=O)C1I. The van der Waals surface area contributed by atoms with Gasteiger partial charge in [0, 0.05) is 23.0 Å². The zero-order valence-electron chi connectivity index (χ0n) is 11.1. The summed E-state index contributed by atoms with van der Waals surface area (Å²) >= 11 is 6.81. The highest BCUT2D eigenvalue weighted by Crippen LogP contribution is 2.44. The molecule has 0 saturated carbocycles. The number of carbonyl (C=O) groups excluding carboxylic acids is 2. The van der Waals surface area contributed by atoms with Crippen LogP contribution in [-0.2, 0) is 19.1 Å². The molecule has 0 radical (unpaired) electrons. The van der Waals surface area contributed by atoms with Crippen molar-refractivity contribution in [2.75, 3.05) is 0 Å². The number of esters is 2. The maximum Gasteiger partial charge on any atom is 0.307 e. The van der Waals surface area contributed by atoms with Crippen LogP contribution >= 0.6 is 67.8 Å². The first kappa shape index (κ1) is 18.4. The van der Waals surface area contributed by atoms with Crippen molar-refractivity contribution in [3.8, 4) is 0 Å². The second-order valence-corrected chi connectivity index (χ2v) is 7.70. The van der Waals surface area contributed by atoms with Crippen LogP contribution in [0.25, 0.3) is 0 Å². The lowest BCUT2D eigenvalue weighted by Gasteiger charge is -2.29. The number of hydrogen-bond acceptors (Lipinski definition) is 4. The maximum atomic E-state index is 11.0. The normalized spacial score (nSPS) is 26.9. The van der Waals surface area contributed by atoms with Crippen LogP contribution in [0.4, 0.5) is 0 Å². The lowest BCUT2D eigenvalue weighted by atomic mass is 9.92. The average Bonchev–Trinajstić information content (AvgIpc) is 2.35. The van der Waals surface area contributed by atoms with E-state index in [9.17, 15) is 9.59 Å². The summed E-state index contributed by atoms with van der Waals surface area (Å²) in [4.78, 5) is 21.9. The standard InChI is InChI=1S/C13H13I3O4/c1-6-11(14)9(4-19-7(2)17)13(16)10(12(6)15)5-20-8(3)18/h4-5,11,13H,1-3H3. The van der Waals surface area contributed by atoms with Gasteiger partial charge in [-0.3, -0.25) is 9.59 Å². The van der Waals surface area contributed by atoms with Gasteiger partial charge < -0.3 is 9.47 Å². The van der Waals surface area contributed by atoms with E-state index in [0.717, 1.165) is 20.3 Å². The molecule has 0 aromatic rings. The van der Waals surface area contributed by atoms with Crippen molar-refractivity contribution in [2.45, 2.75) is 28.6 Å². The van der Waals surface area contributed by atoms with E-state index in [-0.39, 0.29) is 19.8 Å². The molecule has 4 nitrogen and oxygen atoms in total. The summed E-state index contributed by atoms with van der Waals surface area (Å²) < 4.78 is 11.2. The smallest absolute Gasteiger partial charge is 0.307 e. The van der Waals surface area contributed by atoms with E-state index >= 15 is 0 Å². The third-order valence-electron chi connectivity index (χ3n) is 2.55. The molecule has 110 valence electrons. The van der Waals surface area contributed by atoms with Crippen molar-refractivity contribution in [1.29, 1.82) is 0 Å². The number of ether oxygens (including phenoxy) is 2. The largest absolute Gasteiger partial charge is 0.435 e. The Morgan fingerprint density at radius 3 is 2.05 bits per heavy atom. The van der Waals surface area contributed by atoms with Gasteiger partial charge in [0.15, 0.2) is 0 Å². The Morgan fingerprint density at radius 1 is 1.05 bits per heavy atom. The van der Waals surface area contributed by atoms with Gasteiger partial charge >= 0.3 is 11.9 Å². The minimum Gasteiger partial charge on any atom is -0.435 e. The summed E-state index contributed by atoms with van der Waals surface area (Å²) in [7, 11) is 0. The van der Waals surface area contributed by atoms with Crippen LogP contribution in [-0.4, -0.2) is 19.8 Å². The minimum atomic E-state index is -0.356. The summed E-state index contributed by atoms with van der Waals surface area (Å²) in [5.41, 5.74) is 3.03. The first-order valence-corrected chi connectivity index (χ1v) is 9.22. The fourth-order valence-corrected chi connectivity index (χ4v) is 5.95. The predicted octanol–water partition coefficient (Wildman–Crippen LogP) is 4.21. The highest BCUT2D eigenvalue weighted by molar-refractivity contribution is 14.1. The van der Waals surface area contributed by atoms with Crippen LogP contribution in [0, 0.1) is 0 Å². The third kappa shape index (κ3) is 4.68. The topological polar surface area (TPSA) is 52.6 Å². The number of carbonyl (C=O) groups is 2. The predicted molar refractivity (Wildman–Crippen MR) is 102 cm³/mol. The van der Waals surface area contributed by atoms with Crippen molar-refractivity contribution in [3.63, 3.8) is 0 Å².